The molecule has 1 N–H and O–H groups in total. The van der Waals surface area contributed by atoms with Crippen LogP contribution in [0.2, 0.25) is 20.4 Å². The van der Waals surface area contributed by atoms with Gasteiger partial charge in [0.2, 0.25) is 11.2 Å². The van der Waals surface area contributed by atoms with Gasteiger partial charge < -0.3 is 5.32 Å². The molecule has 0 aliphatic heterocycles. The highest BCUT2D eigenvalue weighted by molar-refractivity contribution is 6.42. The van der Waals surface area contributed by atoms with Crippen molar-refractivity contribution in [2.45, 2.75) is 6.54 Å². The van der Waals surface area contributed by atoms with Crippen LogP contribution in [-0.4, -0.2) is 24.6 Å². The summed E-state index contributed by atoms with van der Waals surface area (Å²) in [7, 11) is 2.77. The van der Waals surface area contributed by atoms with E-state index in [2.05, 4.69) is 10.3 Å². The summed E-state index contributed by atoms with van der Waals surface area (Å²) < 4.78 is 3.28. The van der Waals surface area contributed by atoms with E-state index >= 15 is 0 Å². The van der Waals surface area contributed by atoms with Crippen LogP contribution in [0.4, 0.5) is 5.69 Å². The van der Waals surface area contributed by atoms with E-state index in [1.54, 1.807) is 0 Å². The molecule has 0 saturated heterocycles. The molecule has 8 nitrogen and oxygen atoms in total. The molecule has 0 atom stereocenters. The Morgan fingerprint density at radius 1 is 1.07 bits per heavy atom. The second kappa shape index (κ2) is 7.20. The number of carbonyl (C=O) groups excluding carboxylic acids is 1. The fourth-order valence-electron chi connectivity index (χ4n) is 2.55. The molecule has 2 heterocycles. The standard InChI is InChI=1S/C15H11Cl4N5O3/c1-22-12-11(13(26)23(2)15(22)27)24(14(19)21-12)5-9(25)20-10-7(17)3-6(16)4-8(10)18/h3-4H,5H2,1-2H3,(H,20,25). The van der Waals surface area contributed by atoms with E-state index in [0.29, 0.717) is 5.02 Å². The number of imidazole rings is 1. The van der Waals surface area contributed by atoms with Crippen molar-refractivity contribution < 1.29 is 4.79 Å². The summed E-state index contributed by atoms with van der Waals surface area (Å²) in [6.07, 6.45) is 0. The molecule has 0 unspecified atom stereocenters. The molecule has 1 amide bonds. The first-order valence-corrected chi connectivity index (χ1v) is 8.89. The van der Waals surface area contributed by atoms with Crippen LogP contribution in [0.15, 0.2) is 21.7 Å². The third-order valence-corrected chi connectivity index (χ3v) is 4.98. The number of halogens is 4. The predicted molar refractivity (Wildman–Crippen MR) is 105 cm³/mol. The van der Waals surface area contributed by atoms with Crippen LogP contribution in [0.25, 0.3) is 11.2 Å². The molecule has 1 aromatic carbocycles. The number of carbonyl (C=O) groups is 1. The Morgan fingerprint density at radius 3 is 2.26 bits per heavy atom. The Bertz CT molecular complexity index is 1190. The molecule has 0 fully saturated rings. The van der Waals surface area contributed by atoms with Gasteiger partial charge in [0.05, 0.1) is 15.7 Å². The van der Waals surface area contributed by atoms with Crippen LogP contribution in [0.3, 0.4) is 0 Å². The molecule has 142 valence electrons. The number of rotatable bonds is 3. The largest absolute Gasteiger partial charge is 0.332 e. The lowest BCUT2D eigenvalue weighted by molar-refractivity contribution is -0.116. The Balaban J connectivity index is 2.03. The lowest BCUT2D eigenvalue weighted by Gasteiger charge is -2.11. The van der Waals surface area contributed by atoms with Gasteiger partial charge in [0.1, 0.15) is 6.54 Å². The number of hydrogen-bond donors (Lipinski definition) is 1. The van der Waals surface area contributed by atoms with Gasteiger partial charge in [-0.3, -0.25) is 23.3 Å². The summed E-state index contributed by atoms with van der Waals surface area (Å²) in [6.45, 7) is -0.349. The third kappa shape index (κ3) is 3.45. The molecule has 0 aliphatic rings. The molecule has 0 bridgehead atoms. The van der Waals surface area contributed by atoms with E-state index in [9.17, 15) is 14.4 Å². The summed E-state index contributed by atoms with van der Waals surface area (Å²) >= 11 is 24.0. The van der Waals surface area contributed by atoms with Gasteiger partial charge in [-0.05, 0) is 23.7 Å². The Morgan fingerprint density at radius 2 is 1.67 bits per heavy atom. The first-order chi connectivity index (χ1) is 12.6. The lowest BCUT2D eigenvalue weighted by Crippen LogP contribution is -2.37. The Kier molecular flexibility index (Phi) is 5.27. The number of fused-ring (bicyclic) bond motifs is 1. The molecule has 0 radical (unpaired) electrons. The molecule has 3 rings (SSSR count). The summed E-state index contributed by atoms with van der Waals surface area (Å²) in [6, 6.07) is 2.85. The van der Waals surface area contributed by atoms with Gasteiger partial charge >= 0.3 is 5.69 Å². The number of benzene rings is 1. The van der Waals surface area contributed by atoms with Gasteiger partial charge in [0, 0.05) is 19.1 Å². The van der Waals surface area contributed by atoms with E-state index in [0.717, 1.165) is 4.57 Å². The number of nitrogens with one attached hydrogen (secondary N) is 1. The van der Waals surface area contributed by atoms with E-state index < -0.39 is 17.2 Å². The van der Waals surface area contributed by atoms with Gasteiger partial charge in [0.25, 0.3) is 5.56 Å². The topological polar surface area (TPSA) is 90.9 Å². The average molecular weight is 451 g/mol. The average Bonchev–Trinajstić information content (AvgIpc) is 2.91. The zero-order valence-electron chi connectivity index (χ0n) is 13.9. The number of anilines is 1. The second-order valence-electron chi connectivity index (χ2n) is 5.64. The molecular weight excluding hydrogens is 440 g/mol. The predicted octanol–water partition coefficient (Wildman–Crippen LogP) is 2.69. The van der Waals surface area contributed by atoms with Crippen molar-refractivity contribution in [2.75, 3.05) is 5.32 Å². The zero-order valence-corrected chi connectivity index (χ0v) is 16.9. The van der Waals surface area contributed by atoms with Crippen LogP contribution < -0.4 is 16.6 Å². The summed E-state index contributed by atoms with van der Waals surface area (Å²) in [5.41, 5.74) is -0.911. The fraction of sp³-hybridized carbons (Fsp3) is 0.200. The highest BCUT2D eigenvalue weighted by Crippen LogP contribution is 2.33. The molecule has 27 heavy (non-hydrogen) atoms. The number of nitrogens with zero attached hydrogens (tertiary/aromatic N) is 4. The molecule has 2 aromatic heterocycles. The Hall–Kier alpha value is -2.00. The van der Waals surface area contributed by atoms with Crippen molar-refractivity contribution in [3.05, 3.63) is 53.3 Å². The van der Waals surface area contributed by atoms with Crippen LogP contribution in [-0.2, 0) is 25.4 Å². The normalized spacial score (nSPS) is 11.2. The summed E-state index contributed by atoms with van der Waals surface area (Å²) in [5.74, 6) is -0.557. The van der Waals surface area contributed by atoms with Crippen molar-refractivity contribution in [2.24, 2.45) is 14.1 Å². The molecule has 0 saturated carbocycles. The maximum atomic E-state index is 12.5. The van der Waals surface area contributed by atoms with Crippen molar-refractivity contribution >= 4 is 69.2 Å². The molecular formula is C15H11Cl4N5O3. The van der Waals surface area contributed by atoms with Crippen LogP contribution in [0.5, 0.6) is 0 Å². The maximum absolute atomic E-state index is 12.5. The van der Waals surface area contributed by atoms with Gasteiger partial charge in [0.15, 0.2) is 11.2 Å². The van der Waals surface area contributed by atoms with E-state index in [-0.39, 0.29) is 38.7 Å². The lowest BCUT2D eigenvalue weighted by atomic mass is 10.3. The van der Waals surface area contributed by atoms with Gasteiger partial charge in [-0.1, -0.05) is 34.8 Å². The maximum Gasteiger partial charge on any atom is 0.332 e. The Labute approximate surface area is 171 Å². The molecule has 0 spiro atoms. The number of hydrogen-bond acceptors (Lipinski definition) is 4. The van der Waals surface area contributed by atoms with Gasteiger partial charge in [-0.15, -0.1) is 0 Å². The first kappa shape index (κ1) is 19.8. The highest BCUT2D eigenvalue weighted by Gasteiger charge is 2.20. The quantitative estimate of drug-likeness (QED) is 0.621. The minimum atomic E-state index is -0.622. The zero-order chi connectivity index (χ0) is 20.0. The first-order valence-electron chi connectivity index (χ1n) is 7.38. The van der Waals surface area contributed by atoms with Crippen molar-refractivity contribution in [3.63, 3.8) is 0 Å². The van der Waals surface area contributed by atoms with E-state index in [4.69, 9.17) is 46.4 Å². The van der Waals surface area contributed by atoms with Crippen molar-refractivity contribution in [1.29, 1.82) is 0 Å². The minimum Gasteiger partial charge on any atom is -0.322 e. The van der Waals surface area contributed by atoms with Crippen LogP contribution in [0, 0.1) is 0 Å². The summed E-state index contributed by atoms with van der Waals surface area (Å²) in [5, 5.41) is 3.05. The molecule has 0 aliphatic carbocycles. The van der Waals surface area contributed by atoms with Crippen molar-refractivity contribution in [1.82, 2.24) is 18.7 Å². The molecule has 3 aromatic rings. The minimum absolute atomic E-state index is 0.0213. The van der Waals surface area contributed by atoms with Crippen LogP contribution >= 0.6 is 46.4 Å². The highest BCUT2D eigenvalue weighted by atomic mass is 35.5. The molecule has 12 heteroatoms. The van der Waals surface area contributed by atoms with Gasteiger partial charge in [-0.25, -0.2) is 4.79 Å². The third-order valence-electron chi connectivity index (χ3n) is 3.87. The second-order valence-corrected chi connectivity index (χ2v) is 7.23. The summed E-state index contributed by atoms with van der Waals surface area (Å²) in [4.78, 5) is 40.9. The monoisotopic (exact) mass is 449 g/mol. The fourth-order valence-corrected chi connectivity index (χ4v) is 3.68. The van der Waals surface area contributed by atoms with Crippen LogP contribution in [0.1, 0.15) is 0 Å². The van der Waals surface area contributed by atoms with Crippen molar-refractivity contribution in [3.8, 4) is 0 Å². The van der Waals surface area contributed by atoms with E-state index in [1.165, 1.54) is 35.4 Å². The number of aromatic nitrogens is 4. The van der Waals surface area contributed by atoms with Gasteiger partial charge in [-0.2, -0.15) is 4.98 Å². The van der Waals surface area contributed by atoms with E-state index in [1.807, 2.05) is 0 Å². The smallest absolute Gasteiger partial charge is 0.322 e. The number of amides is 1. The SMILES string of the molecule is Cn1c(=O)c2c(nc(Cl)n2CC(=O)Nc2c(Cl)cc(Cl)cc2Cl)n(C)c1=O. The number of aryl methyl sites for hydroxylation is 1.